The van der Waals surface area contributed by atoms with Crippen LogP contribution < -0.4 is 5.32 Å². The third kappa shape index (κ3) is 4.49. The minimum Gasteiger partial charge on any atom is -0.451 e. The summed E-state index contributed by atoms with van der Waals surface area (Å²) in [6.07, 6.45) is -4.39. The van der Waals surface area contributed by atoms with Crippen molar-refractivity contribution in [3.63, 3.8) is 0 Å². The Balaban J connectivity index is 1.63. The first-order valence-corrected chi connectivity index (χ1v) is 8.39. The predicted molar refractivity (Wildman–Crippen MR) is 96.8 cm³/mol. The number of carbonyl (C=O) groups is 2. The van der Waals surface area contributed by atoms with Crippen LogP contribution in [0.5, 0.6) is 0 Å². The van der Waals surface area contributed by atoms with Gasteiger partial charge in [0.15, 0.2) is 11.5 Å². The summed E-state index contributed by atoms with van der Waals surface area (Å²) in [5, 5.41) is 2.60. The minimum absolute atomic E-state index is 0.0469. The molecule has 4 nitrogen and oxygen atoms in total. The summed E-state index contributed by atoms with van der Waals surface area (Å²) < 4.78 is 43.2. The molecule has 3 aromatic rings. The number of furan rings is 1. The molecule has 0 atom stereocenters. The maximum atomic E-state index is 12.6. The van der Waals surface area contributed by atoms with Crippen LogP contribution in [0.2, 0.25) is 0 Å². The number of rotatable bonds is 5. The Hall–Kier alpha value is -3.35. The van der Waals surface area contributed by atoms with Crippen LogP contribution >= 0.6 is 0 Å². The smallest absolute Gasteiger partial charge is 0.416 e. The van der Waals surface area contributed by atoms with E-state index in [9.17, 15) is 22.8 Å². The molecule has 2 aromatic carbocycles. The molecule has 28 heavy (non-hydrogen) atoms. The van der Waals surface area contributed by atoms with E-state index in [1.807, 2.05) is 0 Å². The van der Waals surface area contributed by atoms with Gasteiger partial charge < -0.3 is 9.73 Å². The van der Waals surface area contributed by atoms with E-state index in [4.69, 9.17) is 4.42 Å². The van der Waals surface area contributed by atoms with Gasteiger partial charge in [-0.25, -0.2) is 0 Å². The number of ketones is 1. The number of carbonyl (C=O) groups excluding carboxylic acids is 2. The summed E-state index contributed by atoms with van der Waals surface area (Å²) in [5.41, 5.74) is 1.08. The normalized spacial score (nSPS) is 11.3. The lowest BCUT2D eigenvalue weighted by Gasteiger charge is -2.08. The first-order chi connectivity index (χ1) is 13.2. The summed E-state index contributed by atoms with van der Waals surface area (Å²) in [5.74, 6) is 0.0215. The fraction of sp³-hybridized carbons (Fsp3) is 0.143. The Kier molecular flexibility index (Phi) is 5.35. The van der Waals surface area contributed by atoms with Crippen molar-refractivity contribution in [3.05, 3.63) is 83.1 Å². The van der Waals surface area contributed by atoms with Gasteiger partial charge in [0, 0.05) is 17.7 Å². The van der Waals surface area contributed by atoms with Crippen molar-refractivity contribution < 1.29 is 27.2 Å². The zero-order valence-electron chi connectivity index (χ0n) is 14.8. The van der Waals surface area contributed by atoms with Crippen LogP contribution in [0.1, 0.15) is 39.0 Å². The maximum absolute atomic E-state index is 12.6. The Morgan fingerprint density at radius 2 is 1.57 bits per heavy atom. The standard InChI is InChI=1S/C21H16F3NO3/c1-13(26)15-4-6-16(7-5-15)18-10-11-19(28-18)20(27)25-12-14-2-8-17(9-3-14)21(22,23)24/h2-11H,12H2,1H3,(H,25,27). The van der Waals surface area contributed by atoms with Crippen molar-refractivity contribution in [2.45, 2.75) is 19.6 Å². The van der Waals surface area contributed by atoms with Crippen molar-refractivity contribution in [2.24, 2.45) is 0 Å². The summed E-state index contributed by atoms with van der Waals surface area (Å²) in [6.45, 7) is 1.54. The lowest BCUT2D eigenvalue weighted by atomic mass is 10.1. The van der Waals surface area contributed by atoms with E-state index in [1.165, 1.54) is 25.1 Å². The zero-order chi connectivity index (χ0) is 20.3. The van der Waals surface area contributed by atoms with Gasteiger partial charge in [-0.3, -0.25) is 9.59 Å². The summed E-state index contributed by atoms with van der Waals surface area (Å²) in [7, 11) is 0. The number of benzene rings is 2. The van der Waals surface area contributed by atoms with Crippen molar-refractivity contribution >= 4 is 11.7 Å². The SMILES string of the molecule is CC(=O)c1ccc(-c2ccc(C(=O)NCc3ccc(C(F)(F)F)cc3)o2)cc1. The number of hydrogen-bond donors (Lipinski definition) is 1. The van der Waals surface area contributed by atoms with Gasteiger partial charge in [0.2, 0.25) is 0 Å². The highest BCUT2D eigenvalue weighted by molar-refractivity contribution is 5.94. The molecule has 0 spiro atoms. The Labute approximate surface area is 159 Å². The van der Waals surface area contributed by atoms with Gasteiger partial charge in [-0.2, -0.15) is 13.2 Å². The molecule has 144 valence electrons. The van der Waals surface area contributed by atoms with Crippen molar-refractivity contribution in [2.75, 3.05) is 0 Å². The average molecular weight is 387 g/mol. The van der Waals surface area contributed by atoms with Crippen LogP contribution in [-0.2, 0) is 12.7 Å². The highest BCUT2D eigenvalue weighted by Crippen LogP contribution is 2.29. The van der Waals surface area contributed by atoms with Crippen LogP contribution in [0.25, 0.3) is 11.3 Å². The van der Waals surface area contributed by atoms with Crippen molar-refractivity contribution in [3.8, 4) is 11.3 Å². The molecule has 0 fully saturated rings. The van der Waals surface area contributed by atoms with E-state index in [2.05, 4.69) is 5.32 Å². The van der Waals surface area contributed by atoms with E-state index < -0.39 is 17.6 Å². The Morgan fingerprint density at radius 3 is 2.14 bits per heavy atom. The van der Waals surface area contributed by atoms with Gasteiger partial charge in [0.25, 0.3) is 5.91 Å². The molecule has 0 saturated carbocycles. The molecular weight excluding hydrogens is 371 g/mol. The number of nitrogens with one attached hydrogen (secondary N) is 1. The highest BCUT2D eigenvalue weighted by atomic mass is 19.4. The third-order valence-electron chi connectivity index (χ3n) is 4.14. The van der Waals surface area contributed by atoms with Gasteiger partial charge in [-0.05, 0) is 36.8 Å². The molecule has 0 saturated heterocycles. The fourth-order valence-electron chi connectivity index (χ4n) is 2.57. The summed E-state index contributed by atoms with van der Waals surface area (Å²) >= 11 is 0. The largest absolute Gasteiger partial charge is 0.451 e. The van der Waals surface area contributed by atoms with Gasteiger partial charge >= 0.3 is 6.18 Å². The lowest BCUT2D eigenvalue weighted by Crippen LogP contribution is -2.22. The van der Waals surface area contributed by atoms with E-state index in [-0.39, 0.29) is 18.1 Å². The fourth-order valence-corrected chi connectivity index (χ4v) is 2.57. The van der Waals surface area contributed by atoms with Gasteiger partial charge in [0.1, 0.15) is 5.76 Å². The number of halogens is 3. The third-order valence-corrected chi connectivity index (χ3v) is 4.14. The van der Waals surface area contributed by atoms with Crippen LogP contribution in [0.3, 0.4) is 0 Å². The molecule has 0 unspecified atom stereocenters. The highest BCUT2D eigenvalue weighted by Gasteiger charge is 2.29. The van der Waals surface area contributed by atoms with Crippen molar-refractivity contribution in [1.29, 1.82) is 0 Å². The molecule has 0 aliphatic heterocycles. The summed E-state index contributed by atoms with van der Waals surface area (Å²) in [6, 6.07) is 14.5. The van der Waals surface area contributed by atoms with E-state index in [0.717, 1.165) is 12.1 Å². The molecule has 0 bridgehead atoms. The van der Waals surface area contributed by atoms with Crippen LogP contribution in [0.4, 0.5) is 13.2 Å². The molecule has 0 aliphatic rings. The van der Waals surface area contributed by atoms with E-state index >= 15 is 0 Å². The number of alkyl halides is 3. The molecule has 1 N–H and O–H groups in total. The molecule has 7 heteroatoms. The second-order valence-electron chi connectivity index (χ2n) is 6.17. The molecular formula is C21H16F3NO3. The first kappa shape index (κ1) is 19.4. The van der Waals surface area contributed by atoms with Gasteiger partial charge in [0.05, 0.1) is 5.56 Å². The maximum Gasteiger partial charge on any atom is 0.416 e. The number of amides is 1. The minimum atomic E-state index is -4.39. The molecule has 1 amide bonds. The van der Waals surface area contributed by atoms with Crippen molar-refractivity contribution in [1.82, 2.24) is 5.32 Å². The van der Waals surface area contributed by atoms with E-state index in [1.54, 1.807) is 30.3 Å². The number of hydrogen-bond acceptors (Lipinski definition) is 3. The molecule has 0 radical (unpaired) electrons. The van der Waals surface area contributed by atoms with Gasteiger partial charge in [-0.15, -0.1) is 0 Å². The monoisotopic (exact) mass is 387 g/mol. The zero-order valence-corrected chi connectivity index (χ0v) is 14.8. The first-order valence-electron chi connectivity index (χ1n) is 8.39. The molecule has 1 aromatic heterocycles. The van der Waals surface area contributed by atoms with Crippen LogP contribution in [0, 0.1) is 0 Å². The molecule has 1 heterocycles. The van der Waals surface area contributed by atoms with E-state index in [0.29, 0.717) is 22.5 Å². The number of Topliss-reactive ketones (excluding diaryl/α,β-unsaturated/α-hetero) is 1. The average Bonchev–Trinajstić information content (AvgIpc) is 3.16. The molecule has 0 aliphatic carbocycles. The second-order valence-corrected chi connectivity index (χ2v) is 6.17. The molecule has 3 rings (SSSR count). The predicted octanol–water partition coefficient (Wildman–Crippen LogP) is 5.10. The Morgan fingerprint density at radius 1 is 0.929 bits per heavy atom. The lowest BCUT2D eigenvalue weighted by molar-refractivity contribution is -0.137. The van der Waals surface area contributed by atoms with Crippen LogP contribution in [-0.4, -0.2) is 11.7 Å². The topological polar surface area (TPSA) is 59.3 Å². The van der Waals surface area contributed by atoms with Crippen LogP contribution in [0.15, 0.2) is 65.1 Å². The van der Waals surface area contributed by atoms with Gasteiger partial charge in [-0.1, -0.05) is 36.4 Å². The Bertz CT molecular complexity index is 987. The second kappa shape index (κ2) is 7.72. The quantitative estimate of drug-likeness (QED) is 0.620. The summed E-state index contributed by atoms with van der Waals surface area (Å²) in [4.78, 5) is 23.5.